The van der Waals surface area contributed by atoms with E-state index in [9.17, 15) is 0 Å². The SMILES string of the molecule is CSc1ccc(CNc2cc(N3CCCCC3)ncn2)cc1. The number of benzene rings is 1. The monoisotopic (exact) mass is 314 g/mol. The Labute approximate surface area is 136 Å². The van der Waals surface area contributed by atoms with Crippen molar-refractivity contribution in [3.63, 3.8) is 0 Å². The van der Waals surface area contributed by atoms with Crippen molar-refractivity contribution in [2.75, 3.05) is 29.6 Å². The lowest BCUT2D eigenvalue weighted by Gasteiger charge is -2.27. The molecule has 116 valence electrons. The minimum atomic E-state index is 0.783. The normalized spacial score (nSPS) is 14.9. The van der Waals surface area contributed by atoms with E-state index < -0.39 is 0 Å². The Morgan fingerprint density at radius 3 is 2.59 bits per heavy atom. The second-order valence-electron chi connectivity index (χ2n) is 5.51. The van der Waals surface area contributed by atoms with Gasteiger partial charge in [0.05, 0.1) is 0 Å². The molecule has 0 saturated carbocycles. The first-order valence-electron chi connectivity index (χ1n) is 7.79. The van der Waals surface area contributed by atoms with Gasteiger partial charge >= 0.3 is 0 Å². The van der Waals surface area contributed by atoms with Crippen molar-refractivity contribution in [1.82, 2.24) is 9.97 Å². The Bertz CT molecular complexity index is 594. The first-order valence-corrected chi connectivity index (χ1v) is 9.01. The molecule has 2 aromatic rings. The Hall–Kier alpha value is -1.75. The average Bonchev–Trinajstić information content (AvgIpc) is 2.61. The molecule has 1 saturated heterocycles. The van der Waals surface area contributed by atoms with Gasteiger partial charge in [-0.25, -0.2) is 9.97 Å². The van der Waals surface area contributed by atoms with E-state index in [0.29, 0.717) is 0 Å². The van der Waals surface area contributed by atoms with Crippen LogP contribution in [0, 0.1) is 0 Å². The minimum Gasteiger partial charge on any atom is -0.366 e. The molecular formula is C17H22N4S. The van der Waals surface area contributed by atoms with Crippen LogP contribution in [0.5, 0.6) is 0 Å². The van der Waals surface area contributed by atoms with Gasteiger partial charge in [0.2, 0.25) is 0 Å². The van der Waals surface area contributed by atoms with E-state index in [2.05, 4.69) is 56.8 Å². The van der Waals surface area contributed by atoms with E-state index in [1.165, 1.54) is 29.7 Å². The molecule has 0 amide bonds. The van der Waals surface area contributed by atoms with Crippen LogP contribution in [0.15, 0.2) is 41.6 Å². The summed E-state index contributed by atoms with van der Waals surface area (Å²) in [7, 11) is 0. The minimum absolute atomic E-state index is 0.783. The number of anilines is 2. The van der Waals surface area contributed by atoms with E-state index >= 15 is 0 Å². The molecule has 0 unspecified atom stereocenters. The Balaban J connectivity index is 1.62. The van der Waals surface area contributed by atoms with Gasteiger partial charge in [0.1, 0.15) is 18.0 Å². The molecule has 1 N–H and O–H groups in total. The lowest BCUT2D eigenvalue weighted by Crippen LogP contribution is -2.30. The average molecular weight is 314 g/mol. The van der Waals surface area contributed by atoms with Gasteiger partial charge in [-0.1, -0.05) is 12.1 Å². The van der Waals surface area contributed by atoms with Crippen LogP contribution >= 0.6 is 11.8 Å². The van der Waals surface area contributed by atoms with Crippen molar-refractivity contribution in [3.8, 4) is 0 Å². The Morgan fingerprint density at radius 1 is 1.09 bits per heavy atom. The highest BCUT2D eigenvalue weighted by Gasteiger charge is 2.12. The Morgan fingerprint density at radius 2 is 1.86 bits per heavy atom. The Kier molecular flexibility index (Phi) is 5.16. The maximum absolute atomic E-state index is 4.41. The third kappa shape index (κ3) is 3.91. The molecule has 0 radical (unpaired) electrons. The number of rotatable bonds is 5. The lowest BCUT2D eigenvalue weighted by atomic mass is 10.1. The molecule has 22 heavy (non-hydrogen) atoms. The molecule has 3 rings (SSSR count). The number of nitrogens with zero attached hydrogens (tertiary/aromatic N) is 3. The van der Waals surface area contributed by atoms with Crippen molar-refractivity contribution in [1.29, 1.82) is 0 Å². The molecular weight excluding hydrogens is 292 g/mol. The van der Waals surface area contributed by atoms with Gasteiger partial charge in [0.25, 0.3) is 0 Å². The summed E-state index contributed by atoms with van der Waals surface area (Å²) in [5.74, 6) is 1.93. The zero-order valence-corrected chi connectivity index (χ0v) is 13.8. The fourth-order valence-electron chi connectivity index (χ4n) is 2.68. The maximum Gasteiger partial charge on any atom is 0.134 e. The van der Waals surface area contributed by atoms with Gasteiger partial charge in [-0.05, 0) is 43.2 Å². The number of hydrogen-bond acceptors (Lipinski definition) is 5. The van der Waals surface area contributed by atoms with Crippen LogP contribution in [0.4, 0.5) is 11.6 Å². The van der Waals surface area contributed by atoms with Gasteiger partial charge in [0.15, 0.2) is 0 Å². The highest BCUT2D eigenvalue weighted by Crippen LogP contribution is 2.20. The van der Waals surface area contributed by atoms with Gasteiger partial charge in [-0.2, -0.15) is 0 Å². The molecule has 4 nitrogen and oxygen atoms in total. The third-order valence-corrected chi connectivity index (χ3v) is 4.71. The van der Waals surface area contributed by atoms with Crippen LogP contribution < -0.4 is 10.2 Å². The topological polar surface area (TPSA) is 41.0 Å². The van der Waals surface area contributed by atoms with E-state index in [-0.39, 0.29) is 0 Å². The van der Waals surface area contributed by atoms with Crippen LogP contribution in [0.25, 0.3) is 0 Å². The second-order valence-corrected chi connectivity index (χ2v) is 6.39. The van der Waals surface area contributed by atoms with Gasteiger partial charge < -0.3 is 10.2 Å². The van der Waals surface area contributed by atoms with Crippen molar-refractivity contribution in [2.24, 2.45) is 0 Å². The summed E-state index contributed by atoms with van der Waals surface area (Å²) in [6.07, 6.45) is 7.60. The number of nitrogens with one attached hydrogen (secondary N) is 1. The van der Waals surface area contributed by atoms with Gasteiger partial charge in [-0.15, -0.1) is 11.8 Å². The van der Waals surface area contributed by atoms with Crippen molar-refractivity contribution in [2.45, 2.75) is 30.7 Å². The molecule has 0 spiro atoms. The first-order chi connectivity index (χ1) is 10.8. The quantitative estimate of drug-likeness (QED) is 0.850. The highest BCUT2D eigenvalue weighted by atomic mass is 32.2. The first kappa shape index (κ1) is 15.2. The smallest absolute Gasteiger partial charge is 0.134 e. The standard InChI is InChI=1S/C17H22N4S/c1-22-15-7-5-14(6-8-15)12-18-16-11-17(20-13-19-16)21-9-3-2-4-10-21/h5-8,11,13H,2-4,9-10,12H2,1H3,(H,18,19,20). The summed E-state index contributed by atoms with van der Waals surface area (Å²) in [6.45, 7) is 2.99. The molecule has 1 aromatic heterocycles. The van der Waals surface area contributed by atoms with Crippen LogP contribution in [-0.4, -0.2) is 29.3 Å². The largest absolute Gasteiger partial charge is 0.366 e. The number of piperidine rings is 1. The molecule has 1 aromatic carbocycles. The van der Waals surface area contributed by atoms with Crippen LogP contribution in [0.3, 0.4) is 0 Å². The molecule has 0 atom stereocenters. The fourth-order valence-corrected chi connectivity index (χ4v) is 3.08. The van der Waals surface area contributed by atoms with Crippen molar-refractivity contribution >= 4 is 23.4 Å². The third-order valence-electron chi connectivity index (χ3n) is 3.97. The number of thioether (sulfide) groups is 1. The van der Waals surface area contributed by atoms with E-state index in [0.717, 1.165) is 31.3 Å². The zero-order valence-electron chi connectivity index (χ0n) is 13.0. The van der Waals surface area contributed by atoms with E-state index in [1.807, 2.05) is 0 Å². The van der Waals surface area contributed by atoms with Crippen LogP contribution in [0.1, 0.15) is 24.8 Å². The fraction of sp³-hybridized carbons (Fsp3) is 0.412. The predicted octanol–water partition coefficient (Wildman–Crippen LogP) is 3.80. The molecule has 1 fully saturated rings. The second kappa shape index (κ2) is 7.49. The summed E-state index contributed by atoms with van der Waals surface area (Å²) in [6, 6.07) is 10.7. The van der Waals surface area contributed by atoms with Crippen LogP contribution in [0.2, 0.25) is 0 Å². The van der Waals surface area contributed by atoms with Gasteiger partial charge in [0, 0.05) is 30.6 Å². The van der Waals surface area contributed by atoms with E-state index in [1.54, 1.807) is 18.1 Å². The molecule has 0 bridgehead atoms. The highest BCUT2D eigenvalue weighted by molar-refractivity contribution is 7.98. The molecule has 1 aliphatic heterocycles. The number of hydrogen-bond donors (Lipinski definition) is 1. The summed E-state index contributed by atoms with van der Waals surface area (Å²) in [5, 5.41) is 3.39. The van der Waals surface area contributed by atoms with E-state index in [4.69, 9.17) is 0 Å². The summed E-state index contributed by atoms with van der Waals surface area (Å²) in [5.41, 5.74) is 1.26. The molecule has 0 aliphatic carbocycles. The predicted molar refractivity (Wildman–Crippen MR) is 93.6 cm³/mol. The van der Waals surface area contributed by atoms with Gasteiger partial charge in [-0.3, -0.25) is 0 Å². The molecule has 1 aliphatic rings. The molecule has 5 heteroatoms. The summed E-state index contributed by atoms with van der Waals surface area (Å²) in [4.78, 5) is 12.4. The van der Waals surface area contributed by atoms with Crippen molar-refractivity contribution < 1.29 is 0 Å². The maximum atomic E-state index is 4.41. The summed E-state index contributed by atoms with van der Waals surface area (Å²) < 4.78 is 0. The zero-order chi connectivity index (χ0) is 15.2. The lowest BCUT2D eigenvalue weighted by molar-refractivity contribution is 0.573. The summed E-state index contributed by atoms with van der Waals surface area (Å²) >= 11 is 1.76. The van der Waals surface area contributed by atoms with Crippen molar-refractivity contribution in [3.05, 3.63) is 42.2 Å². The molecule has 2 heterocycles. The van der Waals surface area contributed by atoms with Crippen LogP contribution in [-0.2, 0) is 6.54 Å². The number of aromatic nitrogens is 2.